The van der Waals surface area contributed by atoms with Gasteiger partial charge in [-0.15, -0.1) is 11.6 Å². The molecule has 0 unspecified atom stereocenters. The van der Waals surface area contributed by atoms with Crippen LogP contribution in [0.25, 0.3) is 0 Å². The van der Waals surface area contributed by atoms with Crippen molar-refractivity contribution >= 4 is 23.2 Å². The van der Waals surface area contributed by atoms with Gasteiger partial charge >= 0.3 is 0 Å². The van der Waals surface area contributed by atoms with Crippen molar-refractivity contribution in [1.82, 2.24) is 0 Å². The van der Waals surface area contributed by atoms with E-state index in [0.29, 0.717) is 10.9 Å². The van der Waals surface area contributed by atoms with Crippen LogP contribution >= 0.6 is 23.2 Å². The highest BCUT2D eigenvalue weighted by Gasteiger charge is 1.78. The first-order valence-electron chi connectivity index (χ1n) is 1.68. The molecule has 0 N–H and O–H groups in total. The molecule has 0 atom stereocenters. The molecule has 0 saturated carbocycles. The number of hydrogen-bond donors (Lipinski definition) is 0. The van der Waals surface area contributed by atoms with Gasteiger partial charge < -0.3 is 0 Å². The van der Waals surface area contributed by atoms with Gasteiger partial charge in [-0.2, -0.15) is 0 Å². The Hall–Kier alpha value is 0.320. The van der Waals surface area contributed by atoms with E-state index in [9.17, 15) is 0 Å². The summed E-state index contributed by atoms with van der Waals surface area (Å²) in [6, 6.07) is 0. The van der Waals surface area contributed by atoms with E-state index in [0.717, 1.165) is 0 Å². The molecular weight excluding hydrogens is 119 g/mol. The van der Waals surface area contributed by atoms with Crippen LogP contribution in [0.3, 0.4) is 0 Å². The van der Waals surface area contributed by atoms with Crippen LogP contribution in [0.2, 0.25) is 0 Å². The molecule has 0 spiro atoms. The van der Waals surface area contributed by atoms with Crippen LogP contribution in [0, 0.1) is 0 Å². The third kappa shape index (κ3) is 2.55. The first kappa shape index (κ1) is 6.32. The molecule has 0 amide bonds. The van der Waals surface area contributed by atoms with Crippen molar-refractivity contribution in [3.8, 4) is 0 Å². The maximum absolute atomic E-state index is 5.38. The van der Waals surface area contributed by atoms with Gasteiger partial charge in [0.1, 0.15) is 0 Å². The van der Waals surface area contributed by atoms with E-state index in [1.54, 1.807) is 6.08 Å². The zero-order valence-electron chi connectivity index (χ0n) is 3.54. The maximum atomic E-state index is 5.38. The minimum Gasteiger partial charge on any atom is -0.121 e. The summed E-state index contributed by atoms with van der Waals surface area (Å²) in [6.07, 6.45) is 1.77. The van der Waals surface area contributed by atoms with Gasteiger partial charge in [-0.05, 0) is 6.92 Å². The average Bonchev–Trinajstić information content (AvgIpc) is 1.65. The van der Waals surface area contributed by atoms with Crippen molar-refractivity contribution in [3.05, 3.63) is 11.1 Å². The maximum Gasteiger partial charge on any atom is 0.0578 e. The Morgan fingerprint density at radius 3 is 2.33 bits per heavy atom. The standard InChI is InChI=1S/C4H6Cl2/c1-2-4(6)3-5/h2H,3H2,1H3/b4-2-. The topological polar surface area (TPSA) is 0 Å². The van der Waals surface area contributed by atoms with Gasteiger partial charge in [-0.1, -0.05) is 17.7 Å². The normalized spacial score (nSPS) is 12.2. The van der Waals surface area contributed by atoms with Gasteiger partial charge in [0.05, 0.1) is 5.88 Å². The molecule has 6 heavy (non-hydrogen) atoms. The second-order valence-corrected chi connectivity index (χ2v) is 1.62. The quantitative estimate of drug-likeness (QED) is 0.472. The van der Waals surface area contributed by atoms with E-state index in [2.05, 4.69) is 0 Å². The molecule has 0 aliphatic carbocycles. The Morgan fingerprint density at radius 1 is 1.83 bits per heavy atom. The lowest BCUT2D eigenvalue weighted by atomic mass is 10.6. The molecular formula is C4H6Cl2. The smallest absolute Gasteiger partial charge is 0.0578 e. The highest BCUT2D eigenvalue weighted by Crippen LogP contribution is 2.00. The summed E-state index contributed by atoms with van der Waals surface area (Å²) in [5.74, 6) is 0.429. The molecule has 0 bridgehead atoms. The van der Waals surface area contributed by atoms with Gasteiger partial charge in [-0.25, -0.2) is 0 Å². The van der Waals surface area contributed by atoms with Crippen LogP contribution in [-0.2, 0) is 0 Å². The Bertz CT molecular complexity index is 56.6. The number of rotatable bonds is 1. The van der Waals surface area contributed by atoms with Gasteiger partial charge in [-0.3, -0.25) is 0 Å². The summed E-state index contributed by atoms with van der Waals surface area (Å²) in [6.45, 7) is 1.85. The first-order chi connectivity index (χ1) is 2.81. The van der Waals surface area contributed by atoms with Crippen molar-refractivity contribution in [2.45, 2.75) is 6.92 Å². The van der Waals surface area contributed by atoms with Gasteiger partial charge in [0.25, 0.3) is 0 Å². The fourth-order valence-electron chi connectivity index (χ4n) is 0.0772. The monoisotopic (exact) mass is 124 g/mol. The summed E-state index contributed by atoms with van der Waals surface area (Å²) in [5, 5.41) is 0.705. The third-order valence-corrected chi connectivity index (χ3v) is 1.22. The Kier molecular flexibility index (Phi) is 3.70. The van der Waals surface area contributed by atoms with Gasteiger partial charge in [0.15, 0.2) is 0 Å². The lowest BCUT2D eigenvalue weighted by Crippen LogP contribution is -1.65. The molecule has 0 aliphatic heterocycles. The lowest BCUT2D eigenvalue weighted by molar-refractivity contribution is 1.59. The fraction of sp³-hybridized carbons (Fsp3) is 0.500. The molecule has 0 rings (SSSR count). The van der Waals surface area contributed by atoms with E-state index in [4.69, 9.17) is 23.2 Å². The van der Waals surface area contributed by atoms with Crippen molar-refractivity contribution in [2.75, 3.05) is 5.88 Å². The Balaban J connectivity index is 3.22. The largest absolute Gasteiger partial charge is 0.121 e. The number of hydrogen-bond acceptors (Lipinski definition) is 0. The van der Waals surface area contributed by atoms with Crippen molar-refractivity contribution in [1.29, 1.82) is 0 Å². The molecule has 36 valence electrons. The predicted octanol–water partition coefficient (Wildman–Crippen LogP) is 2.37. The number of alkyl halides is 1. The Morgan fingerprint density at radius 2 is 2.33 bits per heavy atom. The molecule has 0 heterocycles. The third-order valence-electron chi connectivity index (χ3n) is 0.441. The minimum atomic E-state index is 0.429. The van der Waals surface area contributed by atoms with E-state index < -0.39 is 0 Å². The SMILES string of the molecule is C/C=C(\Cl)CCl. The average molecular weight is 125 g/mol. The molecule has 0 saturated heterocycles. The summed E-state index contributed by atoms with van der Waals surface area (Å²) in [7, 11) is 0. The fourth-order valence-corrected chi connectivity index (χ4v) is 0.231. The summed E-state index contributed by atoms with van der Waals surface area (Å²) < 4.78 is 0. The van der Waals surface area contributed by atoms with Gasteiger partial charge in [0.2, 0.25) is 0 Å². The first-order valence-corrected chi connectivity index (χ1v) is 2.59. The van der Waals surface area contributed by atoms with Crippen LogP contribution in [0.4, 0.5) is 0 Å². The number of allylic oxidation sites excluding steroid dienone is 2. The molecule has 0 aromatic carbocycles. The zero-order chi connectivity index (χ0) is 4.99. The second-order valence-electron chi connectivity index (χ2n) is 0.869. The van der Waals surface area contributed by atoms with Crippen molar-refractivity contribution in [3.63, 3.8) is 0 Å². The molecule has 2 heteroatoms. The van der Waals surface area contributed by atoms with E-state index >= 15 is 0 Å². The van der Waals surface area contributed by atoms with Crippen LogP contribution in [-0.4, -0.2) is 5.88 Å². The van der Waals surface area contributed by atoms with E-state index in [-0.39, 0.29) is 0 Å². The molecule has 0 aromatic heterocycles. The highest BCUT2D eigenvalue weighted by molar-refractivity contribution is 6.35. The van der Waals surface area contributed by atoms with Crippen LogP contribution < -0.4 is 0 Å². The molecule has 0 aromatic rings. The van der Waals surface area contributed by atoms with E-state index in [1.807, 2.05) is 6.92 Å². The Labute approximate surface area is 47.8 Å². The summed E-state index contributed by atoms with van der Waals surface area (Å²) in [4.78, 5) is 0. The summed E-state index contributed by atoms with van der Waals surface area (Å²) >= 11 is 10.6. The minimum absolute atomic E-state index is 0.429. The van der Waals surface area contributed by atoms with Crippen molar-refractivity contribution in [2.24, 2.45) is 0 Å². The molecule has 0 radical (unpaired) electrons. The summed E-state index contributed by atoms with van der Waals surface area (Å²) in [5.41, 5.74) is 0. The van der Waals surface area contributed by atoms with Crippen LogP contribution in [0.1, 0.15) is 6.92 Å². The van der Waals surface area contributed by atoms with Crippen LogP contribution in [0.15, 0.2) is 11.1 Å². The molecule has 0 nitrogen and oxygen atoms in total. The lowest BCUT2D eigenvalue weighted by Gasteiger charge is -1.79. The van der Waals surface area contributed by atoms with Crippen LogP contribution in [0.5, 0.6) is 0 Å². The number of halogens is 2. The van der Waals surface area contributed by atoms with Crippen molar-refractivity contribution < 1.29 is 0 Å². The zero-order valence-corrected chi connectivity index (χ0v) is 5.05. The second kappa shape index (κ2) is 3.51. The highest BCUT2D eigenvalue weighted by atomic mass is 35.5. The molecule has 0 aliphatic rings. The molecule has 0 fully saturated rings. The van der Waals surface area contributed by atoms with E-state index in [1.165, 1.54) is 0 Å². The predicted molar refractivity (Wildman–Crippen MR) is 30.3 cm³/mol. The van der Waals surface area contributed by atoms with Gasteiger partial charge in [0, 0.05) is 5.03 Å².